The van der Waals surface area contributed by atoms with Crippen LogP contribution in [-0.2, 0) is 56.1 Å². The third-order valence-corrected chi connectivity index (χ3v) is 5.50. The van der Waals surface area contributed by atoms with Gasteiger partial charge in [0.2, 0.25) is 0 Å². The van der Waals surface area contributed by atoms with E-state index in [1.54, 1.807) is 0 Å². The van der Waals surface area contributed by atoms with Crippen molar-refractivity contribution in [1.29, 1.82) is 0 Å². The fraction of sp³-hybridized carbons (Fsp3) is 0.0323. The second kappa shape index (κ2) is 19.2. The fourth-order valence-electron chi connectivity index (χ4n) is 3.27. The van der Waals surface area contributed by atoms with Crippen LogP contribution >= 0.6 is 11.6 Å². The van der Waals surface area contributed by atoms with E-state index in [1.165, 1.54) is 0 Å². The van der Waals surface area contributed by atoms with Crippen molar-refractivity contribution >= 4 is 11.6 Å². The standard InChI is InChI=1S/C16H12Cl.3C5H5.3Fe/c17-16(13-7-1-2-8-13,14-9-3-4-10-14)15-11-5-6-12-15;3*1-2-4-5-3-1;;;/h1-12H;3*1-5H;;;/q-3;3*-1;3*+2. The average Bonchev–Trinajstić information content (AvgIpc) is 3.74. The summed E-state index contributed by atoms with van der Waals surface area (Å²) in [4.78, 5) is -0.559. The number of hydrogen-bond acceptors (Lipinski definition) is 0. The molecule has 182 valence electrons. The van der Waals surface area contributed by atoms with Crippen molar-refractivity contribution in [2.24, 2.45) is 0 Å². The van der Waals surface area contributed by atoms with Crippen molar-refractivity contribution in [3.8, 4) is 0 Å². The Hall–Kier alpha value is -2.05. The second-order valence-electron chi connectivity index (χ2n) is 7.07. The summed E-state index contributed by atoms with van der Waals surface area (Å²) in [5.74, 6) is 0. The summed E-state index contributed by atoms with van der Waals surface area (Å²) in [6.45, 7) is 0. The van der Waals surface area contributed by atoms with Crippen molar-refractivity contribution < 1.29 is 51.2 Å². The van der Waals surface area contributed by atoms with Gasteiger partial charge >= 0.3 is 51.2 Å². The number of halogens is 1. The van der Waals surface area contributed by atoms with E-state index in [0.717, 1.165) is 16.7 Å². The van der Waals surface area contributed by atoms with Gasteiger partial charge in [-0.2, -0.15) is 108 Å². The molecular formula is C31H27ClFe3. The zero-order valence-corrected chi connectivity index (χ0v) is 23.1. The molecule has 0 unspecified atom stereocenters. The maximum Gasteiger partial charge on any atom is 2.00 e. The predicted molar refractivity (Wildman–Crippen MR) is 138 cm³/mol. The summed E-state index contributed by atoms with van der Waals surface area (Å²) in [6.07, 6.45) is 0. The first kappa shape index (κ1) is 32.9. The van der Waals surface area contributed by atoms with Gasteiger partial charge in [-0.15, -0.1) is 11.6 Å². The van der Waals surface area contributed by atoms with E-state index >= 15 is 0 Å². The topological polar surface area (TPSA) is 0 Å². The van der Waals surface area contributed by atoms with Gasteiger partial charge in [-0.05, 0) is 4.87 Å². The Bertz CT molecular complexity index is 901. The van der Waals surface area contributed by atoms with E-state index in [9.17, 15) is 0 Å². The average molecular weight is 603 g/mol. The summed E-state index contributed by atoms with van der Waals surface area (Å²) in [7, 11) is 0. The molecule has 6 rings (SSSR count). The molecule has 0 radical (unpaired) electrons. The first-order chi connectivity index (χ1) is 15.8. The van der Waals surface area contributed by atoms with Gasteiger partial charge in [-0.3, -0.25) is 0 Å². The fourth-order valence-corrected chi connectivity index (χ4v) is 3.65. The molecule has 0 atom stereocenters. The van der Waals surface area contributed by atoms with Gasteiger partial charge in [0.05, 0.1) is 0 Å². The summed E-state index contributed by atoms with van der Waals surface area (Å²) in [6, 6.07) is 54.6. The third-order valence-electron chi connectivity index (χ3n) is 4.85. The Morgan fingerprint density at radius 1 is 0.371 bits per heavy atom. The Balaban J connectivity index is 0.000000529. The van der Waals surface area contributed by atoms with Gasteiger partial charge in [0.1, 0.15) is 0 Å². The van der Waals surface area contributed by atoms with Crippen LogP contribution in [0.3, 0.4) is 0 Å². The van der Waals surface area contributed by atoms with Gasteiger partial charge in [0.25, 0.3) is 0 Å². The molecular weight excluding hydrogens is 575 g/mol. The zero-order valence-electron chi connectivity index (χ0n) is 19.0. The van der Waals surface area contributed by atoms with Crippen LogP contribution in [0.25, 0.3) is 0 Å². The van der Waals surface area contributed by atoms with E-state index in [2.05, 4.69) is 36.4 Å². The Morgan fingerprint density at radius 3 is 0.714 bits per heavy atom. The number of rotatable bonds is 3. The van der Waals surface area contributed by atoms with E-state index in [-0.39, 0.29) is 51.2 Å². The van der Waals surface area contributed by atoms with Crippen LogP contribution in [0.15, 0.2) is 164 Å². The van der Waals surface area contributed by atoms with Crippen LogP contribution in [0.5, 0.6) is 0 Å². The zero-order chi connectivity index (χ0) is 22.3. The minimum Gasteiger partial charge on any atom is -0.214 e. The normalized spacial score (nSPS) is 9.17. The van der Waals surface area contributed by atoms with Crippen LogP contribution in [-0.4, -0.2) is 0 Å². The Kier molecular flexibility index (Phi) is 18.1. The molecule has 0 amide bonds. The molecule has 0 aliphatic heterocycles. The first-order valence-corrected chi connectivity index (χ1v) is 11.0. The molecule has 6 aromatic carbocycles. The molecule has 6 aromatic rings. The SMILES string of the molecule is ClC([c-]1cccc1)([c-]1cccc1)[c-]1cccc1.[Fe+2].[Fe+2].[Fe+2].c1cc[cH-]c1.c1cc[cH-]c1.c1cc[cH-]c1. The van der Waals surface area contributed by atoms with Gasteiger partial charge in [-0.1, -0.05) is 0 Å². The van der Waals surface area contributed by atoms with Gasteiger partial charge in [0, 0.05) is 0 Å². The Morgan fingerprint density at radius 2 is 0.571 bits per heavy atom. The van der Waals surface area contributed by atoms with Crippen LogP contribution in [0.4, 0.5) is 0 Å². The maximum atomic E-state index is 6.94. The summed E-state index contributed by atoms with van der Waals surface area (Å²) in [5.41, 5.74) is 3.37. The minimum absolute atomic E-state index is 0. The van der Waals surface area contributed by atoms with E-state index in [4.69, 9.17) is 11.6 Å². The second-order valence-corrected chi connectivity index (χ2v) is 7.63. The molecule has 0 bridgehead atoms. The van der Waals surface area contributed by atoms with E-state index in [1.807, 2.05) is 127 Å². The number of alkyl halides is 1. The summed E-state index contributed by atoms with van der Waals surface area (Å²) in [5, 5.41) is 0. The summed E-state index contributed by atoms with van der Waals surface area (Å²) >= 11 is 6.94. The molecule has 0 N–H and O–H groups in total. The van der Waals surface area contributed by atoms with Gasteiger partial charge < -0.3 is 0 Å². The quantitative estimate of drug-likeness (QED) is 0.108. The maximum absolute atomic E-state index is 6.94. The first-order valence-electron chi connectivity index (χ1n) is 10.7. The van der Waals surface area contributed by atoms with Crippen molar-refractivity contribution in [3.05, 3.63) is 180 Å². The van der Waals surface area contributed by atoms with Crippen molar-refractivity contribution in [1.82, 2.24) is 0 Å². The van der Waals surface area contributed by atoms with Crippen molar-refractivity contribution in [2.75, 3.05) is 0 Å². The summed E-state index contributed by atoms with van der Waals surface area (Å²) < 4.78 is 0. The third kappa shape index (κ3) is 10.6. The van der Waals surface area contributed by atoms with E-state index < -0.39 is 4.87 Å². The number of hydrogen-bond donors (Lipinski definition) is 0. The van der Waals surface area contributed by atoms with Crippen LogP contribution in [0.2, 0.25) is 0 Å². The monoisotopic (exact) mass is 602 g/mol. The van der Waals surface area contributed by atoms with Crippen LogP contribution < -0.4 is 0 Å². The van der Waals surface area contributed by atoms with Crippen LogP contribution in [0.1, 0.15) is 16.7 Å². The molecule has 35 heavy (non-hydrogen) atoms. The molecule has 0 nitrogen and oxygen atoms in total. The predicted octanol–water partition coefficient (Wildman–Crippen LogP) is 8.58. The minimum atomic E-state index is -0.559. The largest absolute Gasteiger partial charge is 2.00 e. The molecule has 0 saturated carbocycles. The molecule has 0 fully saturated rings. The molecule has 0 aromatic heterocycles. The van der Waals surface area contributed by atoms with Gasteiger partial charge in [-0.25, -0.2) is 72.8 Å². The molecule has 0 aliphatic carbocycles. The van der Waals surface area contributed by atoms with Crippen molar-refractivity contribution in [2.45, 2.75) is 4.87 Å². The molecule has 0 aliphatic rings. The molecule has 4 heteroatoms. The Labute approximate surface area is 246 Å². The molecule has 0 saturated heterocycles. The van der Waals surface area contributed by atoms with Crippen molar-refractivity contribution in [3.63, 3.8) is 0 Å². The van der Waals surface area contributed by atoms with Gasteiger partial charge in [0.15, 0.2) is 0 Å². The van der Waals surface area contributed by atoms with E-state index in [0.29, 0.717) is 0 Å². The van der Waals surface area contributed by atoms with Crippen LogP contribution in [0, 0.1) is 0 Å². The molecule has 0 heterocycles. The smallest absolute Gasteiger partial charge is 0.214 e. The molecule has 0 spiro atoms.